The first-order chi connectivity index (χ1) is 10.7. The van der Waals surface area contributed by atoms with Crippen LogP contribution in [0, 0.1) is 0 Å². The van der Waals surface area contributed by atoms with Crippen LogP contribution in [-0.2, 0) is 11.2 Å². The molecule has 0 saturated heterocycles. The fourth-order valence-corrected chi connectivity index (χ4v) is 2.38. The van der Waals surface area contributed by atoms with E-state index in [0.29, 0.717) is 25.4 Å². The number of ether oxygens (including phenoxy) is 2. The van der Waals surface area contributed by atoms with Crippen LogP contribution in [0.1, 0.15) is 24.2 Å². The molecule has 114 valence electrons. The summed E-state index contributed by atoms with van der Waals surface area (Å²) in [5.74, 6) is 1.39. The lowest BCUT2D eigenvalue weighted by molar-refractivity contribution is -0.121. The number of nitrogens with one attached hydrogen (secondary N) is 1. The van der Waals surface area contributed by atoms with Crippen LogP contribution in [0.25, 0.3) is 0 Å². The lowest BCUT2D eigenvalue weighted by Gasteiger charge is -2.19. The van der Waals surface area contributed by atoms with Crippen molar-refractivity contribution in [1.82, 2.24) is 10.3 Å². The normalized spacial score (nSPS) is 14.2. The summed E-state index contributed by atoms with van der Waals surface area (Å²) in [5, 5.41) is 2.95. The highest BCUT2D eigenvalue weighted by atomic mass is 16.6. The molecule has 1 aliphatic heterocycles. The molecular formula is C17H18N2O3. The number of carbonyl (C=O) groups is 1. The molecule has 0 bridgehead atoms. The van der Waals surface area contributed by atoms with Gasteiger partial charge in [0.2, 0.25) is 5.91 Å². The molecule has 22 heavy (non-hydrogen) atoms. The van der Waals surface area contributed by atoms with E-state index in [4.69, 9.17) is 9.47 Å². The molecule has 1 N–H and O–H groups in total. The first-order valence-electron chi connectivity index (χ1n) is 7.31. The summed E-state index contributed by atoms with van der Waals surface area (Å²) in [4.78, 5) is 16.4. The zero-order valence-corrected chi connectivity index (χ0v) is 12.4. The Morgan fingerprint density at radius 1 is 1.23 bits per heavy atom. The van der Waals surface area contributed by atoms with Gasteiger partial charge in [0.15, 0.2) is 11.5 Å². The number of amides is 1. The summed E-state index contributed by atoms with van der Waals surface area (Å²) in [6.07, 6.45) is 2.02. The Morgan fingerprint density at radius 2 is 2.05 bits per heavy atom. The van der Waals surface area contributed by atoms with Crippen molar-refractivity contribution < 1.29 is 14.3 Å². The molecule has 1 aromatic heterocycles. The Labute approximate surface area is 129 Å². The second kappa shape index (κ2) is 6.47. The van der Waals surface area contributed by atoms with Gasteiger partial charge in [-0.3, -0.25) is 9.78 Å². The van der Waals surface area contributed by atoms with Crippen LogP contribution in [-0.4, -0.2) is 24.1 Å². The molecule has 1 aromatic carbocycles. The van der Waals surface area contributed by atoms with Gasteiger partial charge in [-0.05, 0) is 36.8 Å². The van der Waals surface area contributed by atoms with Crippen molar-refractivity contribution in [3.63, 3.8) is 0 Å². The van der Waals surface area contributed by atoms with Crippen LogP contribution in [0.15, 0.2) is 42.6 Å². The molecular weight excluding hydrogens is 280 g/mol. The molecule has 0 unspecified atom stereocenters. The van der Waals surface area contributed by atoms with Gasteiger partial charge in [0.25, 0.3) is 0 Å². The van der Waals surface area contributed by atoms with E-state index in [9.17, 15) is 4.79 Å². The summed E-state index contributed by atoms with van der Waals surface area (Å²) < 4.78 is 11.0. The van der Waals surface area contributed by atoms with Crippen LogP contribution in [0.4, 0.5) is 0 Å². The smallest absolute Gasteiger partial charge is 0.224 e. The molecule has 1 atom stereocenters. The van der Waals surface area contributed by atoms with Gasteiger partial charge < -0.3 is 14.8 Å². The summed E-state index contributed by atoms with van der Waals surface area (Å²) in [5.41, 5.74) is 1.74. The fraction of sp³-hybridized carbons (Fsp3) is 0.294. The largest absolute Gasteiger partial charge is 0.486 e. The van der Waals surface area contributed by atoms with Crippen molar-refractivity contribution in [1.29, 1.82) is 0 Å². The monoisotopic (exact) mass is 298 g/mol. The zero-order valence-electron chi connectivity index (χ0n) is 12.4. The Hall–Kier alpha value is -2.56. The lowest BCUT2D eigenvalue weighted by atomic mass is 10.1. The maximum atomic E-state index is 12.2. The van der Waals surface area contributed by atoms with E-state index in [1.165, 1.54) is 0 Å². The summed E-state index contributed by atoms with van der Waals surface area (Å²) in [6, 6.07) is 11.1. The number of hydrogen-bond donors (Lipinski definition) is 1. The van der Waals surface area contributed by atoms with Gasteiger partial charge in [0.05, 0.1) is 18.2 Å². The molecule has 5 heteroatoms. The molecule has 2 aromatic rings. The molecule has 1 amide bonds. The predicted molar refractivity (Wildman–Crippen MR) is 81.9 cm³/mol. The van der Waals surface area contributed by atoms with Crippen molar-refractivity contribution >= 4 is 5.91 Å². The van der Waals surface area contributed by atoms with Gasteiger partial charge in [-0.1, -0.05) is 12.1 Å². The summed E-state index contributed by atoms with van der Waals surface area (Å²) in [6.45, 7) is 3.03. The predicted octanol–water partition coefficient (Wildman–Crippen LogP) is 2.27. The number of benzene rings is 1. The number of hydrogen-bond acceptors (Lipinski definition) is 4. The average Bonchev–Trinajstić information content (AvgIpc) is 2.55. The Kier molecular flexibility index (Phi) is 4.23. The molecule has 0 radical (unpaired) electrons. The summed E-state index contributed by atoms with van der Waals surface area (Å²) in [7, 11) is 0. The van der Waals surface area contributed by atoms with Crippen LogP contribution >= 0.6 is 0 Å². The SMILES string of the molecule is C[C@H](NC(=O)Cc1ccc2c(c1)OCCO2)c1ccccn1. The van der Waals surface area contributed by atoms with Crippen LogP contribution < -0.4 is 14.8 Å². The Balaban J connectivity index is 1.62. The number of nitrogens with zero attached hydrogens (tertiary/aromatic N) is 1. The third-order valence-electron chi connectivity index (χ3n) is 3.48. The van der Waals surface area contributed by atoms with E-state index in [0.717, 1.165) is 17.0 Å². The van der Waals surface area contributed by atoms with Gasteiger partial charge in [0, 0.05) is 6.20 Å². The third kappa shape index (κ3) is 3.36. The standard InChI is InChI=1S/C17H18N2O3/c1-12(14-4-2-3-7-18-14)19-17(20)11-13-5-6-15-16(10-13)22-9-8-21-15/h2-7,10,12H,8-9,11H2,1H3,(H,19,20)/t12-/m0/s1. The minimum atomic E-state index is -0.120. The van der Waals surface area contributed by atoms with Gasteiger partial charge in [-0.2, -0.15) is 0 Å². The number of aromatic nitrogens is 1. The minimum Gasteiger partial charge on any atom is -0.486 e. The molecule has 1 aliphatic rings. The highest BCUT2D eigenvalue weighted by molar-refractivity contribution is 5.79. The number of pyridine rings is 1. The van der Waals surface area contributed by atoms with Gasteiger partial charge in [-0.15, -0.1) is 0 Å². The number of rotatable bonds is 4. The van der Waals surface area contributed by atoms with Crippen molar-refractivity contribution in [3.8, 4) is 11.5 Å². The quantitative estimate of drug-likeness (QED) is 0.940. The van der Waals surface area contributed by atoms with Gasteiger partial charge in [0.1, 0.15) is 13.2 Å². The molecule has 2 heterocycles. The van der Waals surface area contributed by atoms with E-state index in [1.54, 1.807) is 6.20 Å². The molecule has 3 rings (SSSR count). The average molecular weight is 298 g/mol. The highest BCUT2D eigenvalue weighted by Gasteiger charge is 2.14. The maximum Gasteiger partial charge on any atom is 0.224 e. The van der Waals surface area contributed by atoms with Crippen LogP contribution in [0.2, 0.25) is 0 Å². The first-order valence-corrected chi connectivity index (χ1v) is 7.31. The number of carbonyl (C=O) groups excluding carboxylic acids is 1. The van der Waals surface area contributed by atoms with E-state index in [2.05, 4.69) is 10.3 Å². The molecule has 0 fully saturated rings. The van der Waals surface area contributed by atoms with Crippen molar-refractivity contribution in [2.45, 2.75) is 19.4 Å². The second-order valence-corrected chi connectivity index (χ2v) is 5.20. The molecule has 0 aliphatic carbocycles. The lowest BCUT2D eigenvalue weighted by Crippen LogP contribution is -2.28. The van der Waals surface area contributed by atoms with Crippen molar-refractivity contribution in [2.75, 3.05) is 13.2 Å². The third-order valence-corrected chi connectivity index (χ3v) is 3.48. The molecule has 0 spiro atoms. The van der Waals surface area contributed by atoms with Crippen LogP contribution in [0.5, 0.6) is 11.5 Å². The van der Waals surface area contributed by atoms with Crippen molar-refractivity contribution in [3.05, 3.63) is 53.9 Å². The van der Waals surface area contributed by atoms with E-state index < -0.39 is 0 Å². The summed E-state index contributed by atoms with van der Waals surface area (Å²) >= 11 is 0. The van der Waals surface area contributed by atoms with Crippen LogP contribution in [0.3, 0.4) is 0 Å². The Bertz CT molecular complexity index is 658. The topological polar surface area (TPSA) is 60.5 Å². The van der Waals surface area contributed by atoms with Gasteiger partial charge >= 0.3 is 0 Å². The maximum absolute atomic E-state index is 12.2. The molecule has 0 saturated carbocycles. The van der Waals surface area contributed by atoms with E-state index >= 15 is 0 Å². The second-order valence-electron chi connectivity index (χ2n) is 5.20. The molecule has 5 nitrogen and oxygen atoms in total. The van der Waals surface area contributed by atoms with E-state index in [1.807, 2.05) is 43.3 Å². The minimum absolute atomic E-state index is 0.0465. The fourth-order valence-electron chi connectivity index (χ4n) is 2.38. The zero-order chi connectivity index (χ0) is 15.4. The first kappa shape index (κ1) is 14.4. The highest BCUT2D eigenvalue weighted by Crippen LogP contribution is 2.30. The van der Waals surface area contributed by atoms with Gasteiger partial charge in [-0.25, -0.2) is 0 Å². The number of fused-ring (bicyclic) bond motifs is 1. The van der Waals surface area contributed by atoms with E-state index in [-0.39, 0.29) is 11.9 Å². The Morgan fingerprint density at radius 3 is 2.82 bits per heavy atom. The van der Waals surface area contributed by atoms with Crippen molar-refractivity contribution in [2.24, 2.45) is 0 Å².